The molecule has 2 rings (SSSR count). The molecule has 1 aromatic rings. The molecule has 0 fully saturated rings. The average Bonchev–Trinajstić information content (AvgIpc) is 2.86. The van der Waals surface area contributed by atoms with Crippen molar-refractivity contribution in [2.24, 2.45) is 5.92 Å². The summed E-state index contributed by atoms with van der Waals surface area (Å²) in [5.74, 6) is -1.13. The molecule has 0 saturated heterocycles. The SMILES string of the molecule is CN(C)CCN(CC(=O)O)C(=O)C1Cc2ccccc2C1. The predicted molar refractivity (Wildman–Crippen MR) is 80.1 cm³/mol. The highest BCUT2D eigenvalue weighted by molar-refractivity contribution is 5.84. The third-order valence-corrected chi connectivity index (χ3v) is 3.86. The summed E-state index contributed by atoms with van der Waals surface area (Å²) in [4.78, 5) is 27.0. The summed E-state index contributed by atoms with van der Waals surface area (Å²) in [6.07, 6.45) is 1.43. The van der Waals surface area contributed by atoms with Crippen LogP contribution < -0.4 is 0 Å². The number of rotatable bonds is 6. The van der Waals surface area contributed by atoms with Gasteiger partial charge >= 0.3 is 5.97 Å². The van der Waals surface area contributed by atoms with Crippen molar-refractivity contribution in [3.63, 3.8) is 0 Å². The first kappa shape index (κ1) is 15.5. The maximum atomic E-state index is 12.6. The standard InChI is InChI=1S/C16H22N2O3/c1-17(2)7-8-18(11-15(19)20)16(21)14-9-12-5-3-4-6-13(12)10-14/h3-6,14H,7-11H2,1-2H3,(H,19,20). The van der Waals surface area contributed by atoms with Crippen LogP contribution in [-0.2, 0) is 22.4 Å². The van der Waals surface area contributed by atoms with E-state index in [4.69, 9.17) is 5.11 Å². The van der Waals surface area contributed by atoms with E-state index >= 15 is 0 Å². The molecule has 21 heavy (non-hydrogen) atoms. The van der Waals surface area contributed by atoms with Gasteiger partial charge in [0.25, 0.3) is 0 Å². The summed E-state index contributed by atoms with van der Waals surface area (Å²) in [6, 6.07) is 8.05. The Hall–Kier alpha value is -1.88. The van der Waals surface area contributed by atoms with Gasteiger partial charge in [-0.25, -0.2) is 0 Å². The Kier molecular flexibility index (Phi) is 4.96. The number of likely N-dealkylation sites (N-methyl/N-ethyl adjacent to an activating group) is 1. The minimum absolute atomic E-state index is 0.0459. The smallest absolute Gasteiger partial charge is 0.323 e. The zero-order valence-electron chi connectivity index (χ0n) is 12.6. The van der Waals surface area contributed by atoms with E-state index in [9.17, 15) is 9.59 Å². The summed E-state index contributed by atoms with van der Waals surface area (Å²) >= 11 is 0. The lowest BCUT2D eigenvalue weighted by atomic mass is 10.0. The Morgan fingerprint density at radius 1 is 1.14 bits per heavy atom. The molecule has 0 unspecified atom stereocenters. The number of carbonyl (C=O) groups excluding carboxylic acids is 1. The van der Waals surface area contributed by atoms with Crippen LogP contribution >= 0.6 is 0 Å². The van der Waals surface area contributed by atoms with Crippen molar-refractivity contribution in [3.05, 3.63) is 35.4 Å². The van der Waals surface area contributed by atoms with Crippen LogP contribution in [-0.4, -0.2) is 60.5 Å². The first-order valence-corrected chi connectivity index (χ1v) is 7.19. The zero-order chi connectivity index (χ0) is 15.4. The molecule has 5 heteroatoms. The first-order valence-electron chi connectivity index (χ1n) is 7.19. The van der Waals surface area contributed by atoms with E-state index in [0.717, 1.165) is 0 Å². The summed E-state index contributed by atoms with van der Waals surface area (Å²) in [6.45, 7) is 0.892. The molecule has 0 atom stereocenters. The van der Waals surface area contributed by atoms with Gasteiger partial charge in [-0.1, -0.05) is 24.3 Å². The molecule has 0 aliphatic heterocycles. The van der Waals surface area contributed by atoms with Crippen LogP contribution in [0.2, 0.25) is 0 Å². The lowest BCUT2D eigenvalue weighted by Gasteiger charge is -2.25. The molecule has 0 radical (unpaired) electrons. The van der Waals surface area contributed by atoms with Crippen molar-refractivity contribution < 1.29 is 14.7 Å². The van der Waals surface area contributed by atoms with Gasteiger partial charge in [-0.2, -0.15) is 0 Å². The number of carbonyl (C=O) groups is 2. The number of amides is 1. The molecule has 0 aromatic heterocycles. The average molecular weight is 290 g/mol. The summed E-state index contributed by atoms with van der Waals surface area (Å²) in [7, 11) is 3.82. The van der Waals surface area contributed by atoms with E-state index in [-0.39, 0.29) is 18.4 Å². The number of hydrogen-bond acceptors (Lipinski definition) is 3. The summed E-state index contributed by atoms with van der Waals surface area (Å²) in [5.41, 5.74) is 2.41. The third kappa shape index (κ3) is 4.04. The van der Waals surface area contributed by atoms with Crippen LogP contribution in [0.15, 0.2) is 24.3 Å². The van der Waals surface area contributed by atoms with Gasteiger partial charge in [-0.15, -0.1) is 0 Å². The largest absolute Gasteiger partial charge is 0.480 e. The Morgan fingerprint density at radius 2 is 1.71 bits per heavy atom. The predicted octanol–water partition coefficient (Wildman–Crippen LogP) is 0.876. The molecule has 0 spiro atoms. The molecule has 1 aliphatic carbocycles. The lowest BCUT2D eigenvalue weighted by molar-refractivity contribution is -0.146. The minimum atomic E-state index is -0.961. The first-order chi connectivity index (χ1) is 9.97. The van der Waals surface area contributed by atoms with Gasteiger partial charge in [0.1, 0.15) is 6.54 Å². The van der Waals surface area contributed by atoms with E-state index in [1.807, 2.05) is 43.3 Å². The molecule has 1 N–H and O–H groups in total. The van der Waals surface area contributed by atoms with E-state index < -0.39 is 5.97 Å². The second-order valence-corrected chi connectivity index (χ2v) is 5.83. The van der Waals surface area contributed by atoms with Crippen LogP contribution in [0.4, 0.5) is 0 Å². The number of nitrogens with zero attached hydrogens (tertiary/aromatic N) is 2. The fourth-order valence-electron chi connectivity index (χ4n) is 2.74. The fraction of sp³-hybridized carbons (Fsp3) is 0.500. The molecular formula is C16H22N2O3. The van der Waals surface area contributed by atoms with Gasteiger partial charge in [0.05, 0.1) is 0 Å². The highest BCUT2D eigenvalue weighted by Crippen LogP contribution is 2.27. The van der Waals surface area contributed by atoms with Crippen molar-refractivity contribution >= 4 is 11.9 Å². The maximum absolute atomic E-state index is 12.6. The number of benzene rings is 1. The fourth-order valence-corrected chi connectivity index (χ4v) is 2.74. The summed E-state index contributed by atoms with van der Waals surface area (Å²) < 4.78 is 0. The number of aliphatic carboxylic acids is 1. The summed E-state index contributed by atoms with van der Waals surface area (Å²) in [5, 5.41) is 9.01. The van der Waals surface area contributed by atoms with Gasteiger partial charge in [-0.05, 0) is 38.1 Å². The minimum Gasteiger partial charge on any atom is -0.480 e. The topological polar surface area (TPSA) is 60.9 Å². The molecule has 5 nitrogen and oxygen atoms in total. The number of hydrogen-bond donors (Lipinski definition) is 1. The number of fused-ring (bicyclic) bond motifs is 1. The quantitative estimate of drug-likeness (QED) is 0.845. The zero-order valence-corrected chi connectivity index (χ0v) is 12.6. The lowest BCUT2D eigenvalue weighted by Crippen LogP contribution is -2.43. The van der Waals surface area contributed by atoms with Gasteiger partial charge in [0.15, 0.2) is 0 Å². The Balaban J connectivity index is 2.03. The van der Waals surface area contributed by atoms with Crippen LogP contribution in [0, 0.1) is 5.92 Å². The van der Waals surface area contributed by atoms with Crippen LogP contribution in [0.3, 0.4) is 0 Å². The molecule has 114 valence electrons. The van der Waals surface area contributed by atoms with E-state index in [1.54, 1.807) is 0 Å². The van der Waals surface area contributed by atoms with Gasteiger partial charge in [0, 0.05) is 19.0 Å². The molecule has 0 saturated carbocycles. The van der Waals surface area contributed by atoms with Crippen LogP contribution in [0.25, 0.3) is 0 Å². The number of carboxylic acids is 1. The monoisotopic (exact) mass is 290 g/mol. The van der Waals surface area contributed by atoms with Gasteiger partial charge in [0.2, 0.25) is 5.91 Å². The van der Waals surface area contributed by atoms with Crippen molar-refractivity contribution in [1.82, 2.24) is 9.80 Å². The molecule has 1 amide bonds. The van der Waals surface area contributed by atoms with E-state index in [2.05, 4.69) is 0 Å². The highest BCUT2D eigenvalue weighted by atomic mass is 16.4. The van der Waals surface area contributed by atoms with Crippen LogP contribution in [0.5, 0.6) is 0 Å². The molecular weight excluding hydrogens is 268 g/mol. The van der Waals surface area contributed by atoms with E-state index in [0.29, 0.717) is 25.9 Å². The van der Waals surface area contributed by atoms with Crippen molar-refractivity contribution in [2.75, 3.05) is 33.7 Å². The highest BCUT2D eigenvalue weighted by Gasteiger charge is 2.31. The van der Waals surface area contributed by atoms with Gasteiger partial charge in [-0.3, -0.25) is 9.59 Å². The second kappa shape index (κ2) is 6.72. The Labute approximate surface area is 125 Å². The Morgan fingerprint density at radius 3 is 2.19 bits per heavy atom. The third-order valence-electron chi connectivity index (χ3n) is 3.86. The van der Waals surface area contributed by atoms with Gasteiger partial charge < -0.3 is 14.9 Å². The molecule has 0 bridgehead atoms. The number of carboxylic acid groups (broad SMARTS) is 1. The van der Waals surface area contributed by atoms with Crippen molar-refractivity contribution in [2.45, 2.75) is 12.8 Å². The maximum Gasteiger partial charge on any atom is 0.323 e. The Bertz CT molecular complexity index is 503. The van der Waals surface area contributed by atoms with Crippen molar-refractivity contribution in [1.29, 1.82) is 0 Å². The normalized spacial score (nSPS) is 14.2. The molecule has 1 aromatic carbocycles. The second-order valence-electron chi connectivity index (χ2n) is 5.83. The molecule has 0 heterocycles. The van der Waals surface area contributed by atoms with Crippen molar-refractivity contribution in [3.8, 4) is 0 Å². The van der Waals surface area contributed by atoms with Crippen LogP contribution in [0.1, 0.15) is 11.1 Å². The molecule has 1 aliphatic rings. The van der Waals surface area contributed by atoms with E-state index in [1.165, 1.54) is 16.0 Å².